The maximum absolute atomic E-state index is 10.1. The van der Waals surface area contributed by atoms with Crippen molar-refractivity contribution >= 4 is 0 Å². The van der Waals surface area contributed by atoms with Crippen molar-refractivity contribution in [3.8, 4) is 11.5 Å². The third kappa shape index (κ3) is 12.1. The van der Waals surface area contributed by atoms with Crippen LogP contribution < -0.4 is 14.8 Å². The summed E-state index contributed by atoms with van der Waals surface area (Å²) in [6.07, 6.45) is 1.70. The van der Waals surface area contributed by atoms with E-state index in [0.29, 0.717) is 18.0 Å². The Bertz CT molecular complexity index is 819. The van der Waals surface area contributed by atoms with E-state index >= 15 is 0 Å². The van der Waals surface area contributed by atoms with Crippen LogP contribution >= 0.6 is 0 Å². The van der Waals surface area contributed by atoms with Crippen LogP contribution in [0.15, 0.2) is 91.0 Å². The summed E-state index contributed by atoms with van der Waals surface area (Å²) >= 11 is 0. The van der Waals surface area contributed by atoms with E-state index in [1.165, 1.54) is 5.56 Å². The molecule has 0 bridgehead atoms. The van der Waals surface area contributed by atoms with Crippen molar-refractivity contribution in [3.63, 3.8) is 0 Å². The SMILES string of the molecule is COc1ccccc1OCC(O)CNCCN(C)CCCc1ccccc1.c1ccccc1. The van der Waals surface area contributed by atoms with Gasteiger partial charge in [0.05, 0.1) is 7.11 Å². The van der Waals surface area contributed by atoms with Gasteiger partial charge in [-0.05, 0) is 44.1 Å². The molecule has 0 saturated heterocycles. The van der Waals surface area contributed by atoms with Crippen LogP contribution in [0.2, 0.25) is 0 Å². The normalized spacial score (nSPS) is 11.4. The average Bonchev–Trinajstić information content (AvgIpc) is 2.87. The van der Waals surface area contributed by atoms with Gasteiger partial charge >= 0.3 is 0 Å². The van der Waals surface area contributed by atoms with Gasteiger partial charge in [0.15, 0.2) is 11.5 Å². The molecule has 0 fully saturated rings. The monoisotopic (exact) mass is 450 g/mol. The smallest absolute Gasteiger partial charge is 0.161 e. The Morgan fingerprint density at radius 3 is 2.03 bits per heavy atom. The number of aliphatic hydroxyl groups is 1. The third-order valence-electron chi connectivity index (χ3n) is 5.07. The maximum Gasteiger partial charge on any atom is 0.161 e. The zero-order chi connectivity index (χ0) is 23.6. The summed E-state index contributed by atoms with van der Waals surface area (Å²) in [6.45, 7) is 3.60. The number of methoxy groups -OCH3 is 1. The Balaban J connectivity index is 0.000000554. The van der Waals surface area contributed by atoms with E-state index in [1.807, 2.05) is 60.7 Å². The van der Waals surface area contributed by atoms with Crippen molar-refractivity contribution in [2.45, 2.75) is 18.9 Å². The Morgan fingerprint density at radius 2 is 1.39 bits per heavy atom. The van der Waals surface area contributed by atoms with Gasteiger partial charge in [-0.1, -0.05) is 78.9 Å². The highest BCUT2D eigenvalue weighted by Crippen LogP contribution is 2.25. The molecule has 1 atom stereocenters. The number of nitrogens with zero attached hydrogens (tertiary/aromatic N) is 1. The highest BCUT2D eigenvalue weighted by atomic mass is 16.5. The van der Waals surface area contributed by atoms with Crippen LogP contribution in [-0.4, -0.2) is 63.1 Å². The minimum atomic E-state index is -0.557. The number of likely N-dealkylation sites (N-methyl/N-ethyl adjacent to an activating group) is 1. The molecule has 0 saturated carbocycles. The molecule has 0 spiro atoms. The van der Waals surface area contributed by atoms with Gasteiger partial charge < -0.3 is 24.8 Å². The standard InChI is InChI=1S/C22H32N2O3.C6H6/c1-24(15-8-11-19-9-4-3-5-10-19)16-14-23-17-20(25)18-27-22-13-7-6-12-21(22)26-2;1-2-4-6-5-3-1/h3-7,9-10,12-13,20,23,25H,8,11,14-18H2,1-2H3;1-6H. The quantitative estimate of drug-likeness (QED) is 0.381. The van der Waals surface area contributed by atoms with Crippen LogP contribution in [0.25, 0.3) is 0 Å². The van der Waals surface area contributed by atoms with Crippen LogP contribution in [0.3, 0.4) is 0 Å². The first-order valence-electron chi connectivity index (χ1n) is 11.6. The van der Waals surface area contributed by atoms with Crippen molar-refractivity contribution in [1.29, 1.82) is 0 Å². The van der Waals surface area contributed by atoms with Gasteiger partial charge in [0, 0.05) is 19.6 Å². The molecule has 0 heterocycles. The number of aliphatic hydroxyl groups excluding tert-OH is 1. The zero-order valence-electron chi connectivity index (χ0n) is 19.9. The Morgan fingerprint density at radius 1 is 0.818 bits per heavy atom. The van der Waals surface area contributed by atoms with Gasteiger partial charge in [0.2, 0.25) is 0 Å². The van der Waals surface area contributed by atoms with Gasteiger partial charge in [-0.2, -0.15) is 0 Å². The van der Waals surface area contributed by atoms with Crippen LogP contribution in [-0.2, 0) is 6.42 Å². The van der Waals surface area contributed by atoms with Crippen molar-refractivity contribution in [2.75, 3.05) is 46.9 Å². The van der Waals surface area contributed by atoms with E-state index in [9.17, 15) is 5.11 Å². The molecule has 0 aromatic heterocycles. The van der Waals surface area contributed by atoms with Gasteiger partial charge in [0.25, 0.3) is 0 Å². The Hall–Kier alpha value is -2.86. The summed E-state index contributed by atoms with van der Waals surface area (Å²) in [5.41, 5.74) is 1.39. The molecule has 1 unspecified atom stereocenters. The van der Waals surface area contributed by atoms with Gasteiger partial charge in [0.1, 0.15) is 12.7 Å². The van der Waals surface area contributed by atoms with E-state index in [0.717, 1.165) is 32.5 Å². The van der Waals surface area contributed by atoms with Gasteiger partial charge in [-0.3, -0.25) is 0 Å². The molecule has 0 aliphatic rings. The lowest BCUT2D eigenvalue weighted by molar-refractivity contribution is 0.104. The van der Waals surface area contributed by atoms with Crippen molar-refractivity contribution < 1.29 is 14.6 Å². The van der Waals surface area contributed by atoms with Crippen LogP contribution in [0.4, 0.5) is 0 Å². The van der Waals surface area contributed by atoms with Gasteiger partial charge in [-0.15, -0.1) is 0 Å². The van der Waals surface area contributed by atoms with Crippen molar-refractivity contribution in [1.82, 2.24) is 10.2 Å². The summed E-state index contributed by atoms with van der Waals surface area (Å²) in [4.78, 5) is 2.31. The van der Waals surface area contributed by atoms with Crippen LogP contribution in [0.1, 0.15) is 12.0 Å². The largest absolute Gasteiger partial charge is 0.493 e. The zero-order valence-corrected chi connectivity index (χ0v) is 19.9. The maximum atomic E-state index is 10.1. The number of ether oxygens (including phenoxy) is 2. The van der Waals surface area contributed by atoms with Crippen molar-refractivity contribution in [3.05, 3.63) is 96.6 Å². The lowest BCUT2D eigenvalue weighted by atomic mass is 10.1. The lowest BCUT2D eigenvalue weighted by Gasteiger charge is -2.18. The molecule has 5 nitrogen and oxygen atoms in total. The Labute approximate surface area is 199 Å². The molecule has 2 N–H and O–H groups in total. The summed E-state index contributed by atoms with van der Waals surface area (Å²) in [6, 6.07) is 30.0. The first-order chi connectivity index (χ1) is 16.2. The minimum Gasteiger partial charge on any atom is -0.493 e. The predicted molar refractivity (Wildman–Crippen MR) is 136 cm³/mol. The molecule has 0 aliphatic heterocycles. The number of hydrogen-bond donors (Lipinski definition) is 2. The Kier molecular flexibility index (Phi) is 13.4. The predicted octanol–water partition coefficient (Wildman–Crippen LogP) is 4.28. The summed E-state index contributed by atoms with van der Waals surface area (Å²) in [5.74, 6) is 1.33. The highest BCUT2D eigenvalue weighted by Gasteiger charge is 2.08. The second kappa shape index (κ2) is 16.7. The van der Waals surface area contributed by atoms with E-state index in [-0.39, 0.29) is 6.61 Å². The third-order valence-corrected chi connectivity index (χ3v) is 5.07. The second-order valence-electron chi connectivity index (χ2n) is 7.87. The van der Waals surface area contributed by atoms with Crippen LogP contribution in [0.5, 0.6) is 11.5 Å². The molecule has 3 aromatic carbocycles. The minimum absolute atomic E-state index is 0.236. The fourth-order valence-electron chi connectivity index (χ4n) is 3.22. The fraction of sp³-hybridized carbons (Fsp3) is 0.357. The summed E-state index contributed by atoms with van der Waals surface area (Å²) in [5, 5.41) is 13.4. The summed E-state index contributed by atoms with van der Waals surface area (Å²) < 4.78 is 10.9. The number of benzene rings is 3. The number of nitrogens with one attached hydrogen (secondary N) is 1. The number of rotatable bonds is 13. The van der Waals surface area contributed by atoms with E-state index in [2.05, 4.69) is 47.6 Å². The summed E-state index contributed by atoms with van der Waals surface area (Å²) in [7, 11) is 3.74. The topological polar surface area (TPSA) is 54.0 Å². The fourth-order valence-corrected chi connectivity index (χ4v) is 3.22. The molecule has 3 rings (SSSR count). The van der Waals surface area contributed by atoms with E-state index in [1.54, 1.807) is 7.11 Å². The van der Waals surface area contributed by atoms with Crippen molar-refractivity contribution in [2.24, 2.45) is 0 Å². The number of aryl methyl sites for hydroxylation is 1. The second-order valence-corrected chi connectivity index (χ2v) is 7.87. The van der Waals surface area contributed by atoms with E-state index in [4.69, 9.17) is 9.47 Å². The molecule has 5 heteroatoms. The molecular formula is C28H38N2O3. The molecule has 3 aromatic rings. The molecule has 0 aliphatic carbocycles. The molecule has 0 radical (unpaired) electrons. The average molecular weight is 451 g/mol. The molecule has 0 amide bonds. The molecular weight excluding hydrogens is 412 g/mol. The van der Waals surface area contributed by atoms with E-state index < -0.39 is 6.10 Å². The first-order valence-corrected chi connectivity index (χ1v) is 11.6. The number of hydrogen-bond acceptors (Lipinski definition) is 5. The lowest BCUT2D eigenvalue weighted by Crippen LogP contribution is -2.36. The van der Waals surface area contributed by atoms with Crippen LogP contribution in [0, 0.1) is 0 Å². The first kappa shape index (κ1) is 26.4. The number of para-hydroxylation sites is 2. The molecule has 33 heavy (non-hydrogen) atoms. The van der Waals surface area contributed by atoms with Gasteiger partial charge in [-0.25, -0.2) is 0 Å². The highest BCUT2D eigenvalue weighted by molar-refractivity contribution is 5.39. The molecule has 178 valence electrons.